The largest absolute Gasteiger partial charge is 0.465 e. The zero-order valence-corrected chi connectivity index (χ0v) is 18.0. The number of fused-ring (bicyclic) bond motifs is 2. The van der Waals surface area contributed by atoms with E-state index in [9.17, 15) is 9.59 Å². The fourth-order valence-electron chi connectivity index (χ4n) is 4.25. The van der Waals surface area contributed by atoms with Crippen molar-refractivity contribution in [2.24, 2.45) is 5.73 Å². The summed E-state index contributed by atoms with van der Waals surface area (Å²) < 4.78 is 11.1. The van der Waals surface area contributed by atoms with Crippen molar-refractivity contribution in [3.05, 3.63) is 101 Å². The lowest BCUT2D eigenvalue weighted by Gasteiger charge is -2.17. The van der Waals surface area contributed by atoms with E-state index in [-0.39, 0.29) is 0 Å². The lowest BCUT2D eigenvalue weighted by atomic mass is 10.0. The molecule has 2 heterocycles. The van der Waals surface area contributed by atoms with E-state index in [1.54, 1.807) is 30.5 Å². The average molecular weight is 449 g/mol. The highest BCUT2D eigenvalue weighted by molar-refractivity contribution is 6.07. The summed E-state index contributed by atoms with van der Waals surface area (Å²) in [5.41, 5.74) is 9.87. The van der Waals surface area contributed by atoms with Crippen LogP contribution in [0.15, 0.2) is 71.3 Å². The molecule has 1 unspecified atom stereocenters. The van der Waals surface area contributed by atoms with Crippen LogP contribution in [0.1, 0.15) is 51.0 Å². The van der Waals surface area contributed by atoms with Crippen LogP contribution in [-0.2, 0) is 16.0 Å². The van der Waals surface area contributed by atoms with Gasteiger partial charge in [0.25, 0.3) is 5.91 Å². The lowest BCUT2D eigenvalue weighted by molar-refractivity contribution is -0.127. The fraction of sp³-hybridized carbons (Fsp3) is 0.111. The van der Waals surface area contributed by atoms with E-state index in [0.717, 1.165) is 16.8 Å². The number of carbonyl (C=O) groups is 2. The van der Waals surface area contributed by atoms with Gasteiger partial charge in [-0.25, -0.2) is 9.78 Å². The number of nitrogens with zero attached hydrogens (tertiary/aromatic N) is 2. The van der Waals surface area contributed by atoms with E-state index < -0.39 is 18.0 Å². The molecule has 7 nitrogen and oxygen atoms in total. The van der Waals surface area contributed by atoms with Crippen molar-refractivity contribution in [2.45, 2.75) is 18.9 Å². The minimum atomic E-state index is -1.29. The monoisotopic (exact) mass is 449 g/mol. The molecular weight excluding hydrogens is 430 g/mol. The SMILES string of the molecule is N#Cc1ccc(C(OC(=O)c2c3c(nc4ccccc24)/C(=C\c2ccco2)CC3)C(N)=O)cc1. The zero-order valence-electron chi connectivity index (χ0n) is 18.0. The van der Waals surface area contributed by atoms with Gasteiger partial charge in [-0.3, -0.25) is 4.79 Å². The molecule has 1 aliphatic carbocycles. The number of hydrogen-bond donors (Lipinski definition) is 1. The molecule has 0 radical (unpaired) electrons. The van der Waals surface area contributed by atoms with Crippen LogP contribution in [-0.4, -0.2) is 16.9 Å². The van der Waals surface area contributed by atoms with Crippen molar-refractivity contribution in [1.82, 2.24) is 4.98 Å². The number of furan rings is 1. The first kappa shape index (κ1) is 21.2. The predicted octanol–water partition coefficient (Wildman–Crippen LogP) is 4.57. The number of benzene rings is 2. The number of rotatable bonds is 5. The Balaban J connectivity index is 1.58. The molecule has 0 saturated heterocycles. The predicted molar refractivity (Wildman–Crippen MR) is 125 cm³/mol. The van der Waals surface area contributed by atoms with Gasteiger partial charge in [0.1, 0.15) is 5.76 Å². The van der Waals surface area contributed by atoms with Gasteiger partial charge >= 0.3 is 5.97 Å². The minimum absolute atomic E-state index is 0.378. The summed E-state index contributed by atoms with van der Waals surface area (Å²) in [4.78, 5) is 30.5. The Morgan fingerprint density at radius 2 is 1.88 bits per heavy atom. The average Bonchev–Trinajstić information content (AvgIpc) is 3.51. The second-order valence-corrected chi connectivity index (χ2v) is 7.94. The molecule has 1 aliphatic rings. The van der Waals surface area contributed by atoms with E-state index in [4.69, 9.17) is 25.1 Å². The number of primary amides is 1. The molecule has 2 N–H and O–H groups in total. The third kappa shape index (κ3) is 3.82. The quantitative estimate of drug-likeness (QED) is 0.446. The van der Waals surface area contributed by atoms with Gasteiger partial charge in [-0.2, -0.15) is 5.26 Å². The van der Waals surface area contributed by atoms with Gasteiger partial charge < -0.3 is 14.9 Å². The fourth-order valence-corrected chi connectivity index (χ4v) is 4.25. The standard InChI is InChI=1S/C27H19N3O4/c28-15-16-7-9-17(10-8-16)25(26(29)31)34-27(32)23-20-5-1-2-6-22(20)30-24-18(11-12-21(23)24)14-19-4-3-13-33-19/h1-10,13-14,25H,11-12H2,(H2,29,31)/b18-14-. The molecule has 2 aromatic heterocycles. The maximum absolute atomic E-state index is 13.5. The van der Waals surface area contributed by atoms with Crippen LogP contribution in [0, 0.1) is 11.3 Å². The number of ether oxygens (including phenoxy) is 1. The smallest absolute Gasteiger partial charge is 0.340 e. The Hall–Kier alpha value is -4.70. The van der Waals surface area contributed by atoms with Crippen LogP contribution >= 0.6 is 0 Å². The molecule has 34 heavy (non-hydrogen) atoms. The van der Waals surface area contributed by atoms with Crippen molar-refractivity contribution < 1.29 is 18.7 Å². The van der Waals surface area contributed by atoms with E-state index >= 15 is 0 Å². The van der Waals surface area contributed by atoms with E-state index in [1.165, 1.54) is 0 Å². The Labute approximate surface area is 195 Å². The van der Waals surface area contributed by atoms with Crippen molar-refractivity contribution >= 4 is 34.4 Å². The molecule has 1 amide bonds. The Morgan fingerprint density at radius 3 is 2.59 bits per heavy atom. The summed E-state index contributed by atoms with van der Waals surface area (Å²) in [7, 11) is 0. The number of para-hydroxylation sites is 1. The summed E-state index contributed by atoms with van der Waals surface area (Å²) in [6.45, 7) is 0. The third-order valence-corrected chi connectivity index (χ3v) is 5.83. The third-order valence-electron chi connectivity index (χ3n) is 5.83. The normalized spacial score (nSPS) is 14.5. The summed E-state index contributed by atoms with van der Waals surface area (Å²) in [5.74, 6) is -0.745. The maximum atomic E-state index is 13.5. The van der Waals surface area contributed by atoms with Crippen LogP contribution in [0.4, 0.5) is 0 Å². The van der Waals surface area contributed by atoms with Gasteiger partial charge in [0, 0.05) is 10.9 Å². The topological polar surface area (TPSA) is 119 Å². The highest BCUT2D eigenvalue weighted by atomic mass is 16.5. The first-order chi connectivity index (χ1) is 16.5. The van der Waals surface area contributed by atoms with Gasteiger partial charge in [-0.1, -0.05) is 30.3 Å². The molecule has 0 bridgehead atoms. The van der Waals surface area contributed by atoms with Gasteiger partial charge in [0.15, 0.2) is 0 Å². The number of hydrogen-bond acceptors (Lipinski definition) is 6. The number of nitriles is 1. The van der Waals surface area contributed by atoms with Crippen LogP contribution in [0.3, 0.4) is 0 Å². The molecule has 4 aromatic rings. The Bertz CT molecular complexity index is 1480. The summed E-state index contributed by atoms with van der Waals surface area (Å²) in [6.07, 6.45) is 3.52. The molecule has 1 atom stereocenters. The number of esters is 1. The van der Waals surface area contributed by atoms with Gasteiger partial charge in [-0.15, -0.1) is 0 Å². The molecule has 166 valence electrons. The van der Waals surface area contributed by atoms with Crippen molar-refractivity contribution in [1.29, 1.82) is 5.26 Å². The number of aromatic nitrogens is 1. The summed E-state index contributed by atoms with van der Waals surface area (Å²) in [6, 6.07) is 19.2. The van der Waals surface area contributed by atoms with E-state index in [0.29, 0.717) is 46.2 Å². The molecule has 0 spiro atoms. The van der Waals surface area contributed by atoms with Gasteiger partial charge in [0.05, 0.1) is 34.7 Å². The first-order valence-corrected chi connectivity index (χ1v) is 10.7. The van der Waals surface area contributed by atoms with E-state index in [1.807, 2.05) is 48.5 Å². The first-order valence-electron chi connectivity index (χ1n) is 10.7. The van der Waals surface area contributed by atoms with E-state index in [2.05, 4.69) is 0 Å². The molecule has 0 saturated carbocycles. The van der Waals surface area contributed by atoms with Gasteiger partial charge in [0.2, 0.25) is 6.10 Å². The molecule has 0 fully saturated rings. The van der Waals surface area contributed by atoms with Crippen LogP contribution in [0.5, 0.6) is 0 Å². The molecule has 0 aliphatic heterocycles. The molecule has 2 aromatic carbocycles. The summed E-state index contributed by atoms with van der Waals surface area (Å²) >= 11 is 0. The number of allylic oxidation sites excluding steroid dienone is 1. The van der Waals surface area contributed by atoms with Crippen molar-refractivity contribution in [2.75, 3.05) is 0 Å². The van der Waals surface area contributed by atoms with Crippen LogP contribution < -0.4 is 5.73 Å². The second kappa shape index (κ2) is 8.68. The van der Waals surface area contributed by atoms with Crippen LogP contribution in [0.2, 0.25) is 0 Å². The Kier molecular flexibility index (Phi) is 5.40. The number of amides is 1. The van der Waals surface area contributed by atoms with Crippen molar-refractivity contribution in [3.8, 4) is 6.07 Å². The molecule has 7 heteroatoms. The highest BCUT2D eigenvalue weighted by Gasteiger charge is 2.30. The highest BCUT2D eigenvalue weighted by Crippen LogP contribution is 2.38. The second-order valence-electron chi connectivity index (χ2n) is 7.94. The maximum Gasteiger partial charge on any atom is 0.340 e. The molecule has 5 rings (SSSR count). The van der Waals surface area contributed by atoms with Crippen LogP contribution in [0.25, 0.3) is 22.6 Å². The van der Waals surface area contributed by atoms with Gasteiger partial charge in [-0.05, 0) is 60.4 Å². The number of pyridine rings is 1. The zero-order chi connectivity index (χ0) is 23.7. The molecular formula is C27H19N3O4. The lowest BCUT2D eigenvalue weighted by Crippen LogP contribution is -2.26. The minimum Gasteiger partial charge on any atom is -0.465 e. The summed E-state index contributed by atoms with van der Waals surface area (Å²) in [5, 5.41) is 9.67. The number of nitrogens with two attached hydrogens (primary N) is 1. The Morgan fingerprint density at radius 1 is 1.09 bits per heavy atom. The number of carbonyl (C=O) groups excluding carboxylic acids is 2. The van der Waals surface area contributed by atoms with Crippen molar-refractivity contribution in [3.63, 3.8) is 0 Å².